The number of carbonyl (C=O) groups is 1. The van der Waals surface area contributed by atoms with Crippen molar-refractivity contribution in [2.45, 2.75) is 19.8 Å². The molecule has 6 heteroatoms. The summed E-state index contributed by atoms with van der Waals surface area (Å²) < 4.78 is 18.7. The number of halogens is 2. The van der Waals surface area contributed by atoms with E-state index < -0.39 is 5.82 Å². The number of rotatable bonds is 4. The van der Waals surface area contributed by atoms with Gasteiger partial charge in [0.15, 0.2) is 0 Å². The van der Waals surface area contributed by atoms with Crippen molar-refractivity contribution in [3.8, 4) is 5.75 Å². The zero-order chi connectivity index (χ0) is 14.6. The lowest BCUT2D eigenvalue weighted by Crippen LogP contribution is -2.45. The summed E-state index contributed by atoms with van der Waals surface area (Å²) in [6.07, 6.45) is 2.16. The third kappa shape index (κ3) is 4.58. The van der Waals surface area contributed by atoms with Crippen molar-refractivity contribution in [2.75, 3.05) is 26.7 Å². The van der Waals surface area contributed by atoms with E-state index in [1.807, 2.05) is 0 Å². The highest BCUT2D eigenvalue weighted by atomic mass is 35.5. The maximum absolute atomic E-state index is 13.8. The number of hydrogen-bond acceptors (Lipinski definition) is 3. The summed E-state index contributed by atoms with van der Waals surface area (Å²) in [6.45, 7) is 4.57. The van der Waals surface area contributed by atoms with Gasteiger partial charge < -0.3 is 15.4 Å². The van der Waals surface area contributed by atoms with Crippen molar-refractivity contribution in [3.05, 3.63) is 29.6 Å². The van der Waals surface area contributed by atoms with Crippen LogP contribution in [-0.4, -0.2) is 32.7 Å². The van der Waals surface area contributed by atoms with Gasteiger partial charge in [-0.2, -0.15) is 0 Å². The summed E-state index contributed by atoms with van der Waals surface area (Å²) in [6, 6.07) is 4.26. The van der Waals surface area contributed by atoms with Gasteiger partial charge in [0.1, 0.15) is 11.6 Å². The molecule has 1 atom stereocenters. The van der Waals surface area contributed by atoms with E-state index in [9.17, 15) is 9.18 Å². The van der Waals surface area contributed by atoms with Gasteiger partial charge in [-0.25, -0.2) is 4.39 Å². The molecule has 0 saturated carbocycles. The third-order valence-corrected chi connectivity index (χ3v) is 3.78. The molecule has 0 spiro atoms. The molecule has 0 aromatic heterocycles. The van der Waals surface area contributed by atoms with Gasteiger partial charge in [-0.1, -0.05) is 6.92 Å². The quantitative estimate of drug-likeness (QED) is 0.896. The Morgan fingerprint density at radius 3 is 2.86 bits per heavy atom. The fourth-order valence-electron chi connectivity index (χ4n) is 2.47. The fraction of sp³-hybridized carbons (Fsp3) is 0.533. The number of methoxy groups -OCH3 is 1. The van der Waals surface area contributed by atoms with Crippen molar-refractivity contribution in [1.82, 2.24) is 10.6 Å². The number of piperidine rings is 1. The van der Waals surface area contributed by atoms with Crippen molar-refractivity contribution in [1.29, 1.82) is 0 Å². The van der Waals surface area contributed by atoms with Crippen LogP contribution >= 0.6 is 12.4 Å². The summed E-state index contributed by atoms with van der Waals surface area (Å²) >= 11 is 0. The molecule has 21 heavy (non-hydrogen) atoms. The highest BCUT2D eigenvalue weighted by Gasteiger charge is 2.27. The summed E-state index contributed by atoms with van der Waals surface area (Å²) in [7, 11) is 1.46. The van der Waals surface area contributed by atoms with Crippen LogP contribution in [0.15, 0.2) is 18.2 Å². The van der Waals surface area contributed by atoms with Gasteiger partial charge in [-0.05, 0) is 36.9 Å². The van der Waals surface area contributed by atoms with E-state index in [0.29, 0.717) is 12.3 Å². The molecular weight excluding hydrogens is 295 g/mol. The molecule has 0 radical (unpaired) electrons. The Labute approximate surface area is 130 Å². The maximum atomic E-state index is 13.8. The fourth-order valence-corrected chi connectivity index (χ4v) is 2.47. The lowest BCUT2D eigenvalue weighted by Gasteiger charge is -2.34. The van der Waals surface area contributed by atoms with Gasteiger partial charge in [0.05, 0.1) is 12.7 Å². The van der Waals surface area contributed by atoms with Crippen molar-refractivity contribution in [3.63, 3.8) is 0 Å². The van der Waals surface area contributed by atoms with Crippen LogP contribution in [-0.2, 0) is 0 Å². The molecule has 1 unspecified atom stereocenters. The second-order valence-electron chi connectivity index (χ2n) is 5.62. The smallest absolute Gasteiger partial charge is 0.254 e. The number of hydrogen-bond donors (Lipinski definition) is 2. The maximum Gasteiger partial charge on any atom is 0.254 e. The zero-order valence-corrected chi connectivity index (χ0v) is 13.2. The Kier molecular flexibility index (Phi) is 6.42. The lowest BCUT2D eigenvalue weighted by molar-refractivity contribution is 0.0920. The number of carbonyl (C=O) groups excluding carboxylic acids is 1. The van der Waals surface area contributed by atoms with Gasteiger partial charge in [0.25, 0.3) is 5.91 Å². The average molecular weight is 317 g/mol. The van der Waals surface area contributed by atoms with E-state index in [-0.39, 0.29) is 29.3 Å². The molecular formula is C15H22ClFN2O2. The van der Waals surface area contributed by atoms with Crippen LogP contribution in [0.4, 0.5) is 4.39 Å². The first-order valence-corrected chi connectivity index (χ1v) is 6.86. The summed E-state index contributed by atoms with van der Waals surface area (Å²) in [4.78, 5) is 12.0. The second kappa shape index (κ2) is 7.61. The van der Waals surface area contributed by atoms with E-state index in [1.165, 1.54) is 19.2 Å². The SMILES string of the molecule is COc1ccc(C(=O)NCC2(C)CCCNC2)c(F)c1.Cl. The van der Waals surface area contributed by atoms with Crippen molar-refractivity contribution in [2.24, 2.45) is 5.41 Å². The van der Waals surface area contributed by atoms with Gasteiger partial charge in [0, 0.05) is 19.2 Å². The first-order valence-electron chi connectivity index (χ1n) is 6.86. The predicted octanol–water partition coefficient (Wildman–Crippen LogP) is 2.38. The van der Waals surface area contributed by atoms with Gasteiger partial charge in [-0.15, -0.1) is 12.4 Å². The Morgan fingerprint density at radius 2 is 2.29 bits per heavy atom. The van der Waals surface area contributed by atoms with E-state index in [0.717, 1.165) is 25.9 Å². The Bertz CT molecular complexity index is 491. The first-order chi connectivity index (χ1) is 9.54. The minimum absolute atomic E-state index is 0. The van der Waals surface area contributed by atoms with E-state index in [1.54, 1.807) is 6.07 Å². The molecule has 1 amide bonds. The van der Waals surface area contributed by atoms with Gasteiger partial charge in [-0.3, -0.25) is 4.79 Å². The molecule has 118 valence electrons. The van der Waals surface area contributed by atoms with Crippen LogP contribution in [0, 0.1) is 11.2 Å². The lowest BCUT2D eigenvalue weighted by atomic mass is 9.83. The number of benzene rings is 1. The van der Waals surface area contributed by atoms with Crippen LogP contribution < -0.4 is 15.4 Å². The predicted molar refractivity (Wildman–Crippen MR) is 82.7 cm³/mol. The average Bonchev–Trinajstić information content (AvgIpc) is 2.45. The summed E-state index contributed by atoms with van der Waals surface area (Å²) in [5.74, 6) is -0.534. The van der Waals surface area contributed by atoms with Crippen LogP contribution in [0.1, 0.15) is 30.1 Å². The van der Waals surface area contributed by atoms with Crippen LogP contribution in [0.3, 0.4) is 0 Å². The molecule has 1 saturated heterocycles. The monoisotopic (exact) mass is 316 g/mol. The Balaban J connectivity index is 0.00000220. The molecule has 1 aromatic carbocycles. The largest absolute Gasteiger partial charge is 0.497 e. The minimum atomic E-state index is -0.561. The van der Waals surface area contributed by atoms with E-state index >= 15 is 0 Å². The normalized spacial score (nSPS) is 21.3. The third-order valence-electron chi connectivity index (χ3n) is 3.78. The number of ether oxygens (including phenoxy) is 1. The van der Waals surface area contributed by atoms with Crippen LogP contribution in [0.25, 0.3) is 0 Å². The summed E-state index contributed by atoms with van der Waals surface area (Å²) in [5.41, 5.74) is 0.0924. The molecule has 0 bridgehead atoms. The molecule has 1 aromatic rings. The van der Waals surface area contributed by atoms with Crippen molar-refractivity contribution < 1.29 is 13.9 Å². The second-order valence-corrected chi connectivity index (χ2v) is 5.62. The topological polar surface area (TPSA) is 50.4 Å². The highest BCUT2D eigenvalue weighted by Crippen LogP contribution is 2.24. The Morgan fingerprint density at radius 1 is 1.52 bits per heavy atom. The van der Waals surface area contributed by atoms with Crippen LogP contribution in [0.5, 0.6) is 5.75 Å². The standard InChI is InChI=1S/C15H21FN2O2.ClH/c1-15(6-3-7-17-9-15)10-18-14(19)12-5-4-11(20-2)8-13(12)16;/h4-5,8,17H,3,6-7,9-10H2,1-2H3,(H,18,19);1H. The summed E-state index contributed by atoms with van der Waals surface area (Å²) in [5, 5.41) is 6.15. The molecule has 1 aliphatic rings. The molecule has 1 aliphatic heterocycles. The van der Waals surface area contributed by atoms with Crippen molar-refractivity contribution >= 4 is 18.3 Å². The van der Waals surface area contributed by atoms with Gasteiger partial charge in [0.2, 0.25) is 0 Å². The first kappa shape index (κ1) is 17.7. The zero-order valence-electron chi connectivity index (χ0n) is 12.4. The number of amides is 1. The molecule has 2 rings (SSSR count). The van der Waals surface area contributed by atoms with Gasteiger partial charge >= 0.3 is 0 Å². The molecule has 0 aliphatic carbocycles. The molecule has 2 N–H and O–H groups in total. The van der Waals surface area contributed by atoms with E-state index in [4.69, 9.17) is 4.74 Å². The Hall–Kier alpha value is -1.33. The number of nitrogens with one attached hydrogen (secondary N) is 2. The molecule has 4 nitrogen and oxygen atoms in total. The van der Waals surface area contributed by atoms with Crippen LogP contribution in [0.2, 0.25) is 0 Å². The van der Waals surface area contributed by atoms with E-state index in [2.05, 4.69) is 17.6 Å². The molecule has 1 heterocycles. The highest BCUT2D eigenvalue weighted by molar-refractivity contribution is 5.94. The minimum Gasteiger partial charge on any atom is -0.497 e. The molecule has 1 fully saturated rings.